The van der Waals surface area contributed by atoms with Crippen LogP contribution in [0.1, 0.15) is 0 Å². The third kappa shape index (κ3) is 3.52. The first-order valence-corrected chi connectivity index (χ1v) is 11.7. The van der Waals surface area contributed by atoms with E-state index in [2.05, 4.69) is 9.71 Å². The van der Waals surface area contributed by atoms with Crippen LogP contribution in [0.2, 0.25) is 0 Å². The highest BCUT2D eigenvalue weighted by molar-refractivity contribution is 7.93. The van der Waals surface area contributed by atoms with Crippen LogP contribution < -0.4 is 23.8 Å². The van der Waals surface area contributed by atoms with Crippen LogP contribution in [0.15, 0.2) is 46.7 Å². The first-order valence-electron chi connectivity index (χ1n) is 9.36. The van der Waals surface area contributed by atoms with Gasteiger partial charge in [-0.1, -0.05) is 0 Å². The van der Waals surface area contributed by atoms with E-state index in [4.69, 9.17) is 14.2 Å². The standard InChI is InChI=1S/C20H19N3O5S2/c1-23-6-7-26-17-5-3-14(11-16(17)23)30(24,25)22-20-21-15(12-29-20)13-2-4-18-19(10-13)28-9-8-27-18/h2-5,10-12H,6-9H2,1H3,(H,21,22). The number of fused-ring (bicyclic) bond motifs is 2. The zero-order chi connectivity index (χ0) is 20.7. The molecular weight excluding hydrogens is 426 g/mol. The zero-order valence-corrected chi connectivity index (χ0v) is 17.8. The minimum absolute atomic E-state index is 0.162. The number of likely N-dealkylation sites (N-methyl/N-ethyl adjacent to an activating group) is 1. The summed E-state index contributed by atoms with van der Waals surface area (Å²) in [6.07, 6.45) is 0. The molecule has 0 fully saturated rings. The molecule has 0 saturated carbocycles. The Morgan fingerprint density at radius 1 is 1.00 bits per heavy atom. The highest BCUT2D eigenvalue weighted by Crippen LogP contribution is 2.36. The molecule has 1 aromatic heterocycles. The summed E-state index contributed by atoms with van der Waals surface area (Å²) in [5, 5.41) is 2.10. The van der Waals surface area contributed by atoms with Gasteiger partial charge in [-0.25, -0.2) is 13.4 Å². The molecule has 1 N–H and O–H groups in total. The number of aromatic nitrogens is 1. The minimum Gasteiger partial charge on any atom is -0.490 e. The van der Waals surface area contributed by atoms with E-state index in [1.165, 1.54) is 17.4 Å². The second kappa shape index (κ2) is 7.37. The molecule has 30 heavy (non-hydrogen) atoms. The normalized spacial score (nSPS) is 15.3. The Labute approximate surface area is 178 Å². The van der Waals surface area contributed by atoms with E-state index in [1.807, 2.05) is 30.1 Å². The Morgan fingerprint density at radius 3 is 2.63 bits per heavy atom. The predicted octanol–water partition coefficient (Wildman–Crippen LogP) is 3.21. The maximum Gasteiger partial charge on any atom is 0.263 e. The van der Waals surface area contributed by atoms with E-state index in [0.717, 1.165) is 11.3 Å². The van der Waals surface area contributed by atoms with Crippen LogP contribution in [0.5, 0.6) is 17.2 Å². The summed E-state index contributed by atoms with van der Waals surface area (Å²) in [7, 11) is -1.87. The molecular formula is C20H19N3O5S2. The maximum atomic E-state index is 12.9. The van der Waals surface area contributed by atoms with Gasteiger partial charge in [0.25, 0.3) is 10.0 Å². The molecule has 3 heterocycles. The Balaban J connectivity index is 1.39. The number of benzene rings is 2. The van der Waals surface area contributed by atoms with Gasteiger partial charge in [0.05, 0.1) is 22.8 Å². The Hall–Kier alpha value is -2.98. The number of hydrogen-bond donors (Lipinski definition) is 1. The predicted molar refractivity (Wildman–Crippen MR) is 115 cm³/mol. The van der Waals surface area contributed by atoms with Crippen molar-refractivity contribution in [2.75, 3.05) is 43.0 Å². The third-order valence-electron chi connectivity index (χ3n) is 4.90. The summed E-state index contributed by atoms with van der Waals surface area (Å²) in [6, 6.07) is 10.4. The van der Waals surface area contributed by atoms with Gasteiger partial charge in [0.1, 0.15) is 25.6 Å². The maximum absolute atomic E-state index is 12.9. The summed E-state index contributed by atoms with van der Waals surface area (Å²) in [5.74, 6) is 2.04. The van der Waals surface area contributed by atoms with Crippen LogP contribution in [-0.2, 0) is 10.0 Å². The molecule has 2 aliphatic heterocycles. The number of anilines is 2. The largest absolute Gasteiger partial charge is 0.490 e. The number of nitrogens with one attached hydrogen (secondary N) is 1. The Bertz CT molecular complexity index is 1210. The minimum atomic E-state index is -3.78. The lowest BCUT2D eigenvalue weighted by molar-refractivity contribution is 0.171. The fraction of sp³-hybridized carbons (Fsp3) is 0.250. The molecule has 2 aromatic carbocycles. The van der Waals surface area contributed by atoms with Crippen molar-refractivity contribution in [1.29, 1.82) is 0 Å². The van der Waals surface area contributed by atoms with Crippen LogP contribution in [0, 0.1) is 0 Å². The first kappa shape index (κ1) is 19.0. The number of hydrogen-bond acceptors (Lipinski definition) is 8. The number of thiazole rings is 1. The summed E-state index contributed by atoms with van der Waals surface area (Å²) in [6.45, 7) is 2.31. The van der Waals surface area contributed by atoms with Crippen molar-refractivity contribution in [1.82, 2.24) is 4.98 Å². The van der Waals surface area contributed by atoms with Crippen molar-refractivity contribution in [2.24, 2.45) is 0 Å². The Morgan fingerprint density at radius 2 is 1.77 bits per heavy atom. The van der Waals surface area contributed by atoms with Crippen molar-refractivity contribution < 1.29 is 22.6 Å². The third-order valence-corrected chi connectivity index (χ3v) is 7.12. The van der Waals surface area contributed by atoms with Gasteiger partial charge >= 0.3 is 0 Å². The molecule has 8 nitrogen and oxygen atoms in total. The average Bonchev–Trinajstić information content (AvgIpc) is 3.21. The zero-order valence-electron chi connectivity index (χ0n) is 16.1. The van der Waals surface area contributed by atoms with E-state index in [0.29, 0.717) is 54.4 Å². The quantitative estimate of drug-likeness (QED) is 0.659. The highest BCUT2D eigenvalue weighted by atomic mass is 32.2. The topological polar surface area (TPSA) is 90.0 Å². The summed E-state index contributed by atoms with van der Waals surface area (Å²) in [5.41, 5.74) is 2.24. The molecule has 0 bridgehead atoms. The van der Waals surface area contributed by atoms with E-state index in [-0.39, 0.29) is 4.90 Å². The van der Waals surface area contributed by atoms with E-state index in [1.54, 1.807) is 17.5 Å². The number of sulfonamides is 1. The lowest BCUT2D eigenvalue weighted by Crippen LogP contribution is -2.29. The van der Waals surface area contributed by atoms with Gasteiger partial charge in [0, 0.05) is 18.0 Å². The fourth-order valence-corrected chi connectivity index (χ4v) is 5.32. The van der Waals surface area contributed by atoms with Crippen LogP contribution in [0.3, 0.4) is 0 Å². The fourth-order valence-electron chi connectivity index (χ4n) is 3.33. The molecule has 0 saturated heterocycles. The molecule has 2 aliphatic rings. The molecule has 0 unspecified atom stereocenters. The molecule has 0 atom stereocenters. The number of rotatable bonds is 4. The highest BCUT2D eigenvalue weighted by Gasteiger charge is 2.22. The summed E-state index contributed by atoms with van der Waals surface area (Å²) in [4.78, 5) is 6.57. The molecule has 3 aromatic rings. The average molecular weight is 446 g/mol. The lowest BCUT2D eigenvalue weighted by atomic mass is 10.1. The molecule has 5 rings (SSSR count). The van der Waals surface area contributed by atoms with Crippen LogP contribution in [0.4, 0.5) is 10.8 Å². The van der Waals surface area contributed by atoms with Crippen LogP contribution in [0.25, 0.3) is 11.3 Å². The number of ether oxygens (including phenoxy) is 3. The molecule has 0 amide bonds. The van der Waals surface area contributed by atoms with Crippen molar-refractivity contribution in [3.8, 4) is 28.5 Å². The molecule has 0 radical (unpaired) electrons. The van der Waals surface area contributed by atoms with Gasteiger partial charge in [-0.3, -0.25) is 4.72 Å². The van der Waals surface area contributed by atoms with Crippen molar-refractivity contribution >= 4 is 32.2 Å². The van der Waals surface area contributed by atoms with Crippen molar-refractivity contribution in [2.45, 2.75) is 4.90 Å². The van der Waals surface area contributed by atoms with Crippen LogP contribution >= 0.6 is 11.3 Å². The molecule has 156 valence electrons. The van der Waals surface area contributed by atoms with Crippen LogP contribution in [-0.4, -0.2) is 46.8 Å². The van der Waals surface area contributed by atoms with Gasteiger partial charge in [-0.05, 0) is 36.4 Å². The van der Waals surface area contributed by atoms with Crippen molar-refractivity contribution in [3.05, 3.63) is 41.8 Å². The van der Waals surface area contributed by atoms with Crippen molar-refractivity contribution in [3.63, 3.8) is 0 Å². The molecule has 0 spiro atoms. The van der Waals surface area contributed by atoms with Gasteiger partial charge in [0.15, 0.2) is 16.6 Å². The van der Waals surface area contributed by atoms with Gasteiger partial charge in [-0.15, -0.1) is 11.3 Å². The van der Waals surface area contributed by atoms with Gasteiger partial charge in [0.2, 0.25) is 0 Å². The lowest BCUT2D eigenvalue weighted by Gasteiger charge is -2.27. The second-order valence-electron chi connectivity index (χ2n) is 6.90. The first-order chi connectivity index (χ1) is 14.5. The summed E-state index contributed by atoms with van der Waals surface area (Å²) >= 11 is 1.22. The van der Waals surface area contributed by atoms with E-state index >= 15 is 0 Å². The second-order valence-corrected chi connectivity index (χ2v) is 9.44. The van der Waals surface area contributed by atoms with E-state index < -0.39 is 10.0 Å². The number of nitrogens with zero attached hydrogens (tertiary/aromatic N) is 2. The monoisotopic (exact) mass is 445 g/mol. The van der Waals surface area contributed by atoms with E-state index in [9.17, 15) is 8.42 Å². The van der Waals surface area contributed by atoms with Gasteiger partial charge < -0.3 is 19.1 Å². The smallest absolute Gasteiger partial charge is 0.263 e. The SMILES string of the molecule is CN1CCOc2ccc(S(=O)(=O)Nc3nc(-c4ccc5c(c4)OCCO5)cs3)cc21. The Kier molecular flexibility index (Phi) is 4.67. The summed E-state index contributed by atoms with van der Waals surface area (Å²) < 4.78 is 45.1. The molecule has 10 heteroatoms. The van der Waals surface area contributed by atoms with Gasteiger partial charge in [-0.2, -0.15) is 0 Å². The molecule has 0 aliphatic carbocycles.